The fourth-order valence-corrected chi connectivity index (χ4v) is 5.97. The van der Waals surface area contributed by atoms with Gasteiger partial charge in [-0.25, -0.2) is 4.79 Å². The lowest BCUT2D eigenvalue weighted by Crippen LogP contribution is -2.36. The molecule has 1 heterocycles. The molecule has 1 N–H and O–H groups in total. The molecule has 0 aromatic heterocycles. The van der Waals surface area contributed by atoms with Gasteiger partial charge < -0.3 is 14.8 Å². The number of Topliss-reactive ketones (excluding diaryl/α,β-unsaturated/α-hetero) is 1. The molecule has 0 saturated heterocycles. The first-order valence-electron chi connectivity index (χ1n) is 12.3. The zero-order chi connectivity index (χ0) is 24.5. The summed E-state index contributed by atoms with van der Waals surface area (Å²) in [5, 5.41) is 3.99. The van der Waals surface area contributed by atoms with E-state index in [0.717, 1.165) is 54.0 Å². The molecule has 0 unspecified atom stereocenters. The van der Waals surface area contributed by atoms with Gasteiger partial charge in [-0.15, -0.1) is 0 Å². The van der Waals surface area contributed by atoms with Gasteiger partial charge >= 0.3 is 5.97 Å². The van der Waals surface area contributed by atoms with Gasteiger partial charge in [0.25, 0.3) is 0 Å². The van der Waals surface area contributed by atoms with Gasteiger partial charge in [0.05, 0.1) is 12.7 Å². The third-order valence-corrected chi connectivity index (χ3v) is 7.62. The van der Waals surface area contributed by atoms with E-state index < -0.39 is 5.92 Å². The SMILES string of the molecule is COc1ccccc1[C@H]1CC(=O)C2=C(C1)NC(C)=C(C(=O)OC1CCCC1)[C@H]2c1cccc(Cl)c1. The Morgan fingerprint density at radius 1 is 1.06 bits per heavy atom. The predicted octanol–water partition coefficient (Wildman–Crippen LogP) is 6.20. The van der Waals surface area contributed by atoms with Crippen LogP contribution in [0.25, 0.3) is 0 Å². The molecule has 2 aliphatic carbocycles. The topological polar surface area (TPSA) is 64.6 Å². The number of ether oxygens (including phenoxy) is 2. The molecular weight excluding hydrogens is 462 g/mol. The van der Waals surface area contributed by atoms with Gasteiger partial charge in [-0.05, 0) is 68.4 Å². The largest absolute Gasteiger partial charge is 0.496 e. The predicted molar refractivity (Wildman–Crippen MR) is 135 cm³/mol. The number of carbonyl (C=O) groups excluding carboxylic acids is 2. The Kier molecular flexibility index (Phi) is 6.70. The first-order chi connectivity index (χ1) is 17.0. The van der Waals surface area contributed by atoms with Crippen LogP contribution in [0, 0.1) is 0 Å². The number of methoxy groups -OCH3 is 1. The molecule has 0 bridgehead atoms. The fraction of sp³-hybridized carbons (Fsp3) is 0.379. The number of hydrogen-bond acceptors (Lipinski definition) is 5. The van der Waals surface area contributed by atoms with Crippen molar-refractivity contribution in [3.63, 3.8) is 0 Å². The first kappa shape index (κ1) is 23.7. The molecule has 35 heavy (non-hydrogen) atoms. The summed E-state index contributed by atoms with van der Waals surface area (Å²) >= 11 is 6.35. The minimum Gasteiger partial charge on any atom is -0.496 e. The van der Waals surface area contributed by atoms with Crippen molar-refractivity contribution >= 4 is 23.4 Å². The maximum atomic E-state index is 13.8. The molecule has 5 rings (SSSR count). The lowest BCUT2D eigenvalue weighted by Gasteiger charge is -2.37. The van der Waals surface area contributed by atoms with Crippen LogP contribution < -0.4 is 10.1 Å². The number of esters is 1. The molecule has 0 amide bonds. The highest BCUT2D eigenvalue weighted by atomic mass is 35.5. The number of benzene rings is 2. The van der Waals surface area contributed by atoms with Gasteiger partial charge in [-0.3, -0.25) is 4.79 Å². The Labute approximate surface area is 211 Å². The van der Waals surface area contributed by atoms with Crippen LogP contribution in [0.4, 0.5) is 0 Å². The normalized spacial score (nSPS) is 22.7. The van der Waals surface area contributed by atoms with Crippen LogP contribution >= 0.6 is 11.6 Å². The van der Waals surface area contributed by atoms with E-state index in [4.69, 9.17) is 21.1 Å². The molecule has 1 aliphatic heterocycles. The Bertz CT molecular complexity index is 1220. The van der Waals surface area contributed by atoms with Crippen LogP contribution in [0.1, 0.15) is 68.4 Å². The summed E-state index contributed by atoms with van der Waals surface area (Å²) in [4.78, 5) is 27.2. The average Bonchev–Trinajstić information content (AvgIpc) is 3.36. The van der Waals surface area contributed by atoms with Crippen molar-refractivity contribution < 1.29 is 19.1 Å². The van der Waals surface area contributed by atoms with Crippen molar-refractivity contribution in [2.24, 2.45) is 0 Å². The van der Waals surface area contributed by atoms with E-state index in [0.29, 0.717) is 29.0 Å². The molecular formula is C29H30ClNO4. The Morgan fingerprint density at radius 3 is 2.57 bits per heavy atom. The monoisotopic (exact) mass is 491 g/mol. The van der Waals surface area contributed by atoms with Gasteiger partial charge in [0.1, 0.15) is 11.9 Å². The molecule has 6 heteroatoms. The van der Waals surface area contributed by atoms with E-state index >= 15 is 0 Å². The summed E-state index contributed by atoms with van der Waals surface area (Å²) < 4.78 is 11.5. The van der Waals surface area contributed by atoms with Crippen molar-refractivity contribution in [2.75, 3.05) is 7.11 Å². The van der Waals surface area contributed by atoms with Crippen LogP contribution in [0.15, 0.2) is 71.1 Å². The maximum absolute atomic E-state index is 13.8. The number of ketones is 1. The second-order valence-electron chi connectivity index (χ2n) is 9.63. The molecule has 0 radical (unpaired) electrons. The molecule has 3 aliphatic rings. The Balaban J connectivity index is 1.55. The maximum Gasteiger partial charge on any atom is 0.337 e. The minimum atomic E-state index is -0.509. The fourth-order valence-electron chi connectivity index (χ4n) is 5.77. The average molecular weight is 492 g/mol. The van der Waals surface area contributed by atoms with Crippen molar-refractivity contribution in [1.82, 2.24) is 5.32 Å². The molecule has 2 aromatic rings. The van der Waals surface area contributed by atoms with Crippen molar-refractivity contribution in [3.8, 4) is 5.75 Å². The van der Waals surface area contributed by atoms with Gasteiger partial charge in [0, 0.05) is 40.2 Å². The zero-order valence-corrected chi connectivity index (χ0v) is 20.9. The van der Waals surface area contributed by atoms with E-state index in [9.17, 15) is 9.59 Å². The summed E-state index contributed by atoms with van der Waals surface area (Å²) in [5.74, 6) is -0.0595. The number of rotatable bonds is 5. The number of dihydropyridines is 1. The summed E-state index contributed by atoms with van der Waals surface area (Å²) in [6.07, 6.45) is 4.87. The molecule has 0 spiro atoms. The van der Waals surface area contributed by atoms with Gasteiger partial charge in [0.15, 0.2) is 5.78 Å². The molecule has 2 atom stereocenters. The van der Waals surface area contributed by atoms with Crippen LogP contribution in [-0.4, -0.2) is 25.0 Å². The summed E-state index contributed by atoms with van der Waals surface area (Å²) in [5.41, 5.74) is 4.57. The quantitative estimate of drug-likeness (QED) is 0.505. The molecule has 1 fully saturated rings. The smallest absolute Gasteiger partial charge is 0.337 e. The van der Waals surface area contributed by atoms with Gasteiger partial charge in [-0.2, -0.15) is 0 Å². The summed E-state index contributed by atoms with van der Waals surface area (Å²) in [6, 6.07) is 15.3. The highest BCUT2D eigenvalue weighted by Gasteiger charge is 2.42. The second-order valence-corrected chi connectivity index (χ2v) is 10.1. The third kappa shape index (κ3) is 4.62. The lowest BCUT2D eigenvalue weighted by atomic mass is 9.71. The molecule has 1 saturated carbocycles. The standard InChI is InChI=1S/C29H30ClNO4/c1-17-26(29(33)35-21-10-3-4-11-21)27(18-8-7-9-20(30)14-18)28-23(31-17)15-19(16-24(28)32)22-12-5-6-13-25(22)34-2/h5-9,12-14,19,21,27,31H,3-4,10-11,15-16H2,1-2H3/t19-,27-/m1/s1. The van der Waals surface area contributed by atoms with Crippen molar-refractivity contribution in [1.29, 1.82) is 0 Å². The molecule has 5 nitrogen and oxygen atoms in total. The van der Waals surface area contributed by atoms with Crippen LogP contribution in [0.2, 0.25) is 5.02 Å². The van der Waals surface area contributed by atoms with E-state index in [1.54, 1.807) is 13.2 Å². The number of para-hydroxylation sites is 1. The number of hydrogen-bond donors (Lipinski definition) is 1. The Hall–Kier alpha value is -3.05. The first-order valence-corrected chi connectivity index (χ1v) is 12.7. The van der Waals surface area contributed by atoms with E-state index in [-0.39, 0.29) is 23.8 Å². The molecule has 2 aromatic carbocycles. The summed E-state index contributed by atoms with van der Waals surface area (Å²) in [6.45, 7) is 1.89. The Morgan fingerprint density at radius 2 is 1.83 bits per heavy atom. The van der Waals surface area contributed by atoms with Crippen LogP contribution in [-0.2, 0) is 14.3 Å². The number of nitrogens with one attached hydrogen (secondary N) is 1. The van der Waals surface area contributed by atoms with Crippen molar-refractivity contribution in [2.45, 2.75) is 63.4 Å². The molecule has 182 valence electrons. The highest BCUT2D eigenvalue weighted by molar-refractivity contribution is 6.30. The minimum absolute atomic E-state index is 0.00954. The van der Waals surface area contributed by atoms with Gasteiger partial charge in [0.2, 0.25) is 0 Å². The zero-order valence-electron chi connectivity index (χ0n) is 20.1. The van der Waals surface area contributed by atoms with E-state index in [2.05, 4.69) is 5.32 Å². The van der Waals surface area contributed by atoms with Crippen LogP contribution in [0.3, 0.4) is 0 Å². The number of carbonyl (C=O) groups is 2. The highest BCUT2D eigenvalue weighted by Crippen LogP contribution is 2.47. The van der Waals surface area contributed by atoms with Gasteiger partial charge in [-0.1, -0.05) is 41.9 Å². The van der Waals surface area contributed by atoms with Crippen molar-refractivity contribution in [3.05, 3.63) is 87.2 Å². The number of allylic oxidation sites excluding steroid dienone is 3. The second kappa shape index (κ2) is 9.90. The lowest BCUT2D eigenvalue weighted by molar-refractivity contribution is -0.144. The number of halogens is 1. The van der Waals surface area contributed by atoms with E-state index in [1.807, 2.05) is 49.4 Å². The van der Waals surface area contributed by atoms with Crippen LogP contribution in [0.5, 0.6) is 5.75 Å². The van der Waals surface area contributed by atoms with E-state index in [1.165, 1.54) is 0 Å². The third-order valence-electron chi connectivity index (χ3n) is 7.38. The summed E-state index contributed by atoms with van der Waals surface area (Å²) in [7, 11) is 1.65.